The number of hydrogen-bond donors (Lipinski definition) is 0. The fourth-order valence-corrected chi connectivity index (χ4v) is 2.21. The second-order valence-corrected chi connectivity index (χ2v) is 4.71. The van der Waals surface area contributed by atoms with Gasteiger partial charge in [0.25, 0.3) is 0 Å². The highest BCUT2D eigenvalue weighted by Crippen LogP contribution is 2.19. The fourth-order valence-electron chi connectivity index (χ4n) is 2.21. The van der Waals surface area contributed by atoms with Gasteiger partial charge < -0.3 is 9.90 Å². The van der Waals surface area contributed by atoms with Crippen LogP contribution in [0, 0.1) is 0 Å². The summed E-state index contributed by atoms with van der Waals surface area (Å²) in [5.74, 6) is -1.22. The molecule has 0 bridgehead atoms. The molecular weight excluding hydrogens is 264 g/mol. The van der Waals surface area contributed by atoms with Crippen LogP contribution >= 0.6 is 0 Å². The molecule has 21 heavy (non-hydrogen) atoms. The van der Waals surface area contributed by atoms with E-state index in [9.17, 15) is 9.90 Å². The zero-order chi connectivity index (χ0) is 14.7. The van der Waals surface area contributed by atoms with E-state index < -0.39 is 5.97 Å². The van der Waals surface area contributed by atoms with Gasteiger partial charge in [0, 0.05) is 5.56 Å². The Hall–Kier alpha value is -2.88. The SMILES string of the molecule is O=C([O-])c1cc(-c2ccccc2)nn1Cc1ccccc1. The summed E-state index contributed by atoms with van der Waals surface area (Å²) in [6.45, 7) is 0.400. The Morgan fingerprint density at radius 3 is 2.24 bits per heavy atom. The molecule has 3 rings (SSSR count). The molecule has 0 amide bonds. The van der Waals surface area contributed by atoms with Gasteiger partial charge in [-0.05, 0) is 11.6 Å². The third-order valence-electron chi connectivity index (χ3n) is 3.23. The minimum absolute atomic E-state index is 0.0812. The number of carboxylic acid groups (broad SMARTS) is 1. The quantitative estimate of drug-likeness (QED) is 0.732. The Bertz CT molecular complexity index is 749. The standard InChI is InChI=1S/C17H14N2O2/c20-17(21)16-11-15(14-9-5-2-6-10-14)18-19(16)12-13-7-3-1-4-8-13/h1-11H,12H2,(H,20,21)/p-1. The molecule has 0 fully saturated rings. The smallest absolute Gasteiger partial charge is 0.0930 e. The number of rotatable bonds is 4. The normalized spacial score (nSPS) is 10.5. The van der Waals surface area contributed by atoms with Gasteiger partial charge in [0.15, 0.2) is 0 Å². The molecular formula is C17H13N2O2-. The van der Waals surface area contributed by atoms with Crippen molar-refractivity contribution in [1.29, 1.82) is 0 Å². The summed E-state index contributed by atoms with van der Waals surface area (Å²) in [5.41, 5.74) is 2.58. The predicted octanol–water partition coefficient (Wildman–Crippen LogP) is 1.96. The average Bonchev–Trinajstić information content (AvgIpc) is 2.93. The van der Waals surface area contributed by atoms with Gasteiger partial charge in [0.05, 0.1) is 23.9 Å². The lowest BCUT2D eigenvalue weighted by atomic mass is 10.1. The van der Waals surface area contributed by atoms with Crippen molar-refractivity contribution in [1.82, 2.24) is 9.78 Å². The molecule has 0 N–H and O–H groups in total. The molecule has 2 aromatic carbocycles. The molecule has 0 spiro atoms. The maximum Gasteiger partial charge on any atom is 0.0930 e. The Kier molecular flexibility index (Phi) is 3.51. The minimum Gasteiger partial charge on any atom is -0.543 e. The highest BCUT2D eigenvalue weighted by atomic mass is 16.4. The van der Waals surface area contributed by atoms with Crippen LogP contribution in [0.5, 0.6) is 0 Å². The summed E-state index contributed by atoms with van der Waals surface area (Å²) >= 11 is 0. The molecule has 0 unspecified atom stereocenters. The van der Waals surface area contributed by atoms with Crippen LogP contribution in [-0.2, 0) is 6.54 Å². The fraction of sp³-hybridized carbons (Fsp3) is 0.0588. The van der Waals surface area contributed by atoms with Gasteiger partial charge in [0.2, 0.25) is 0 Å². The molecule has 4 nitrogen and oxygen atoms in total. The van der Waals surface area contributed by atoms with Crippen LogP contribution < -0.4 is 5.11 Å². The van der Waals surface area contributed by atoms with E-state index in [4.69, 9.17) is 0 Å². The summed E-state index contributed by atoms with van der Waals surface area (Å²) in [7, 11) is 0. The summed E-state index contributed by atoms with van der Waals surface area (Å²) in [4.78, 5) is 11.3. The zero-order valence-corrected chi connectivity index (χ0v) is 11.3. The number of nitrogens with zero attached hydrogens (tertiary/aromatic N) is 2. The molecule has 0 aliphatic rings. The van der Waals surface area contributed by atoms with Gasteiger partial charge in [0.1, 0.15) is 0 Å². The van der Waals surface area contributed by atoms with Crippen LogP contribution in [0.25, 0.3) is 11.3 Å². The van der Waals surface area contributed by atoms with Crippen molar-refractivity contribution in [2.24, 2.45) is 0 Å². The molecule has 4 heteroatoms. The van der Waals surface area contributed by atoms with E-state index >= 15 is 0 Å². The lowest BCUT2D eigenvalue weighted by Crippen LogP contribution is -2.26. The van der Waals surface area contributed by atoms with Gasteiger partial charge in [-0.1, -0.05) is 60.7 Å². The van der Waals surface area contributed by atoms with Crippen molar-refractivity contribution in [3.05, 3.63) is 78.0 Å². The Morgan fingerprint density at radius 2 is 1.62 bits per heavy atom. The van der Waals surface area contributed by atoms with E-state index in [2.05, 4.69) is 5.10 Å². The van der Waals surface area contributed by atoms with Crippen LogP contribution in [0.3, 0.4) is 0 Å². The number of aromatic carboxylic acids is 1. The van der Waals surface area contributed by atoms with Crippen molar-refractivity contribution in [2.45, 2.75) is 6.54 Å². The first-order valence-corrected chi connectivity index (χ1v) is 6.62. The second kappa shape index (κ2) is 5.63. The third-order valence-corrected chi connectivity index (χ3v) is 3.23. The van der Waals surface area contributed by atoms with E-state index in [0.717, 1.165) is 11.1 Å². The summed E-state index contributed by atoms with van der Waals surface area (Å²) in [6, 6.07) is 20.6. The highest BCUT2D eigenvalue weighted by molar-refractivity contribution is 5.85. The summed E-state index contributed by atoms with van der Waals surface area (Å²) < 4.78 is 1.47. The number of carbonyl (C=O) groups excluding carboxylic acids is 1. The van der Waals surface area contributed by atoms with Crippen molar-refractivity contribution in [2.75, 3.05) is 0 Å². The van der Waals surface area contributed by atoms with Gasteiger partial charge >= 0.3 is 0 Å². The van der Waals surface area contributed by atoms with Gasteiger partial charge in [-0.25, -0.2) is 0 Å². The zero-order valence-electron chi connectivity index (χ0n) is 11.3. The van der Waals surface area contributed by atoms with Crippen LogP contribution in [0.4, 0.5) is 0 Å². The first-order valence-electron chi connectivity index (χ1n) is 6.62. The first kappa shape index (κ1) is 13.1. The van der Waals surface area contributed by atoms with Crippen LogP contribution in [0.15, 0.2) is 66.7 Å². The Labute approximate surface area is 122 Å². The molecule has 1 heterocycles. The molecule has 0 saturated carbocycles. The molecule has 0 atom stereocenters. The lowest BCUT2D eigenvalue weighted by Gasteiger charge is -2.07. The van der Waals surface area contributed by atoms with E-state index in [1.165, 1.54) is 4.68 Å². The van der Waals surface area contributed by atoms with E-state index in [1.54, 1.807) is 6.07 Å². The maximum absolute atomic E-state index is 11.3. The Balaban J connectivity index is 2.00. The number of hydrogen-bond acceptors (Lipinski definition) is 3. The molecule has 0 saturated heterocycles. The van der Waals surface area contributed by atoms with Crippen LogP contribution in [0.2, 0.25) is 0 Å². The lowest BCUT2D eigenvalue weighted by molar-refractivity contribution is -0.255. The molecule has 1 aromatic heterocycles. The monoisotopic (exact) mass is 277 g/mol. The second-order valence-electron chi connectivity index (χ2n) is 4.71. The highest BCUT2D eigenvalue weighted by Gasteiger charge is 2.10. The largest absolute Gasteiger partial charge is 0.543 e. The van der Waals surface area contributed by atoms with E-state index in [-0.39, 0.29) is 5.69 Å². The molecule has 0 aliphatic heterocycles. The van der Waals surface area contributed by atoms with E-state index in [1.807, 2.05) is 60.7 Å². The van der Waals surface area contributed by atoms with Crippen molar-refractivity contribution in [3.8, 4) is 11.3 Å². The van der Waals surface area contributed by atoms with Crippen molar-refractivity contribution in [3.63, 3.8) is 0 Å². The third kappa shape index (κ3) is 2.84. The molecule has 0 radical (unpaired) electrons. The molecule has 3 aromatic rings. The Morgan fingerprint density at radius 1 is 1.00 bits per heavy atom. The van der Waals surface area contributed by atoms with Crippen molar-refractivity contribution >= 4 is 5.97 Å². The molecule has 0 aliphatic carbocycles. The topological polar surface area (TPSA) is 57.9 Å². The van der Waals surface area contributed by atoms with Crippen molar-refractivity contribution < 1.29 is 9.90 Å². The maximum atomic E-state index is 11.3. The number of aromatic nitrogens is 2. The first-order chi connectivity index (χ1) is 10.2. The number of carboxylic acids is 1. The van der Waals surface area contributed by atoms with Gasteiger partial charge in [-0.15, -0.1) is 0 Å². The average molecular weight is 277 g/mol. The number of benzene rings is 2. The predicted molar refractivity (Wildman–Crippen MR) is 77.5 cm³/mol. The van der Waals surface area contributed by atoms with Crippen LogP contribution in [0.1, 0.15) is 16.1 Å². The van der Waals surface area contributed by atoms with Crippen LogP contribution in [-0.4, -0.2) is 15.7 Å². The van der Waals surface area contributed by atoms with Gasteiger partial charge in [-0.2, -0.15) is 5.10 Å². The number of carbonyl (C=O) groups is 1. The summed E-state index contributed by atoms with van der Waals surface area (Å²) in [5, 5.41) is 15.7. The molecule has 104 valence electrons. The van der Waals surface area contributed by atoms with E-state index in [0.29, 0.717) is 12.2 Å². The summed E-state index contributed by atoms with van der Waals surface area (Å²) in [6.07, 6.45) is 0. The van der Waals surface area contributed by atoms with Gasteiger partial charge in [-0.3, -0.25) is 4.68 Å². The minimum atomic E-state index is -1.22.